The van der Waals surface area contributed by atoms with E-state index in [2.05, 4.69) is 25.5 Å². The zero-order chi connectivity index (χ0) is 17.2. The minimum atomic E-state index is 0.711. The molecule has 2 aromatic carbocycles. The van der Waals surface area contributed by atoms with Crippen LogP contribution >= 0.6 is 22.9 Å². The molecule has 2 heterocycles. The molecule has 4 rings (SSSR count). The number of hydrogen-bond donors (Lipinski definition) is 2. The van der Waals surface area contributed by atoms with Crippen LogP contribution in [0.15, 0.2) is 59.0 Å². The molecule has 4 aromatic rings. The van der Waals surface area contributed by atoms with Gasteiger partial charge in [0.25, 0.3) is 0 Å². The van der Waals surface area contributed by atoms with Crippen molar-refractivity contribution in [1.29, 1.82) is 0 Å². The Hall–Kier alpha value is -2.70. The van der Waals surface area contributed by atoms with Crippen LogP contribution in [0.5, 0.6) is 0 Å². The number of hydrazone groups is 1. The standard InChI is InChI=1S/C18H14ClN5S/c1-11(17-20-14-4-2-3-5-15(14)21-17)23-24-18-22-16(10-25-18)12-6-8-13(19)9-7-12/h2-10H,1H3,(H,20,21)(H,22,24)/b23-11+. The van der Waals surface area contributed by atoms with Gasteiger partial charge in [0.15, 0.2) is 5.82 Å². The predicted octanol–water partition coefficient (Wildman–Crippen LogP) is 5.18. The van der Waals surface area contributed by atoms with Crippen molar-refractivity contribution >= 4 is 44.8 Å². The number of nitrogens with zero attached hydrogens (tertiary/aromatic N) is 3. The van der Waals surface area contributed by atoms with Crippen LogP contribution < -0.4 is 5.43 Å². The number of hydrogen-bond acceptors (Lipinski definition) is 5. The Morgan fingerprint density at radius 1 is 1.12 bits per heavy atom. The number of para-hydroxylation sites is 2. The molecule has 0 bridgehead atoms. The molecule has 0 saturated heterocycles. The van der Waals surface area contributed by atoms with Crippen molar-refractivity contribution in [2.45, 2.75) is 6.92 Å². The molecule has 0 aliphatic rings. The number of aromatic nitrogens is 3. The van der Waals surface area contributed by atoms with Crippen molar-refractivity contribution in [3.8, 4) is 11.3 Å². The fourth-order valence-corrected chi connectivity index (χ4v) is 3.17. The number of halogens is 1. The average molecular weight is 368 g/mol. The van der Waals surface area contributed by atoms with E-state index in [0.29, 0.717) is 5.02 Å². The molecule has 124 valence electrons. The molecule has 0 aliphatic carbocycles. The molecule has 5 nitrogen and oxygen atoms in total. The molecular formula is C18H14ClN5S. The summed E-state index contributed by atoms with van der Waals surface area (Å²) in [6.07, 6.45) is 0. The molecule has 2 aromatic heterocycles. The Morgan fingerprint density at radius 2 is 1.92 bits per heavy atom. The molecule has 0 saturated carbocycles. The van der Waals surface area contributed by atoms with Gasteiger partial charge in [-0.1, -0.05) is 35.9 Å². The first-order valence-corrected chi connectivity index (χ1v) is 8.92. The highest BCUT2D eigenvalue weighted by Gasteiger charge is 2.07. The van der Waals surface area contributed by atoms with Crippen LogP contribution in [0.1, 0.15) is 12.7 Å². The number of anilines is 1. The third-order valence-corrected chi connectivity index (χ3v) is 4.69. The quantitative estimate of drug-likeness (QED) is 0.386. The van der Waals surface area contributed by atoms with Crippen molar-refractivity contribution in [3.63, 3.8) is 0 Å². The number of H-pyrrole nitrogens is 1. The van der Waals surface area contributed by atoms with Crippen molar-refractivity contribution in [2.75, 3.05) is 5.43 Å². The SMILES string of the molecule is C/C(=N\Nc1nc(-c2ccc(Cl)cc2)cs1)c1nc2ccccc2[nH]1. The third kappa shape index (κ3) is 3.40. The van der Waals surface area contributed by atoms with Crippen LogP contribution in [0.25, 0.3) is 22.3 Å². The summed E-state index contributed by atoms with van der Waals surface area (Å²) in [6.45, 7) is 1.90. The van der Waals surface area contributed by atoms with Gasteiger partial charge < -0.3 is 4.98 Å². The lowest BCUT2D eigenvalue weighted by molar-refractivity contribution is 1.22. The number of nitrogens with one attached hydrogen (secondary N) is 2. The van der Waals surface area contributed by atoms with Gasteiger partial charge >= 0.3 is 0 Å². The number of thiazole rings is 1. The van der Waals surface area contributed by atoms with E-state index in [9.17, 15) is 0 Å². The van der Waals surface area contributed by atoms with Crippen LogP contribution in [0.3, 0.4) is 0 Å². The lowest BCUT2D eigenvalue weighted by atomic mass is 10.2. The highest BCUT2D eigenvalue weighted by Crippen LogP contribution is 2.26. The van der Waals surface area contributed by atoms with E-state index in [4.69, 9.17) is 11.6 Å². The Morgan fingerprint density at radius 3 is 2.72 bits per heavy atom. The number of benzene rings is 2. The van der Waals surface area contributed by atoms with Crippen LogP contribution in [0, 0.1) is 0 Å². The Bertz CT molecular complexity index is 1020. The Kier molecular flexibility index (Phi) is 4.21. The van der Waals surface area contributed by atoms with E-state index in [-0.39, 0.29) is 0 Å². The highest BCUT2D eigenvalue weighted by molar-refractivity contribution is 7.14. The number of rotatable bonds is 4. The van der Waals surface area contributed by atoms with Gasteiger partial charge in [-0.15, -0.1) is 11.3 Å². The molecule has 0 amide bonds. The lowest BCUT2D eigenvalue weighted by Gasteiger charge is -1.98. The van der Waals surface area contributed by atoms with Crippen LogP contribution in [-0.4, -0.2) is 20.7 Å². The van der Waals surface area contributed by atoms with Gasteiger partial charge in [0.05, 0.1) is 16.7 Å². The summed E-state index contributed by atoms with van der Waals surface area (Å²) in [5.74, 6) is 0.739. The summed E-state index contributed by atoms with van der Waals surface area (Å²) in [5, 5.41) is 7.80. The van der Waals surface area contributed by atoms with E-state index >= 15 is 0 Å². The van der Waals surface area contributed by atoms with Crippen molar-refractivity contribution < 1.29 is 0 Å². The van der Waals surface area contributed by atoms with E-state index in [1.165, 1.54) is 11.3 Å². The fraction of sp³-hybridized carbons (Fsp3) is 0.0556. The van der Waals surface area contributed by atoms with E-state index in [1.54, 1.807) is 0 Å². The van der Waals surface area contributed by atoms with Gasteiger partial charge in [0, 0.05) is 16.0 Å². The van der Waals surface area contributed by atoms with E-state index < -0.39 is 0 Å². The predicted molar refractivity (Wildman–Crippen MR) is 104 cm³/mol. The second-order valence-electron chi connectivity index (χ2n) is 5.46. The van der Waals surface area contributed by atoms with E-state index in [1.807, 2.05) is 60.8 Å². The van der Waals surface area contributed by atoms with Gasteiger partial charge in [0.1, 0.15) is 5.71 Å². The first-order valence-electron chi connectivity index (χ1n) is 7.66. The summed E-state index contributed by atoms with van der Waals surface area (Å²) in [6, 6.07) is 15.5. The normalized spacial score (nSPS) is 11.8. The van der Waals surface area contributed by atoms with Crippen LogP contribution in [-0.2, 0) is 0 Å². The number of imidazole rings is 1. The fourth-order valence-electron chi connectivity index (χ4n) is 2.39. The molecule has 0 fully saturated rings. The Labute approximate surface area is 153 Å². The zero-order valence-electron chi connectivity index (χ0n) is 13.3. The second-order valence-corrected chi connectivity index (χ2v) is 6.75. The van der Waals surface area contributed by atoms with Gasteiger partial charge in [-0.05, 0) is 31.2 Å². The first kappa shape index (κ1) is 15.8. The average Bonchev–Trinajstić information content (AvgIpc) is 3.27. The minimum absolute atomic E-state index is 0.711. The summed E-state index contributed by atoms with van der Waals surface area (Å²) < 4.78 is 0. The lowest BCUT2D eigenvalue weighted by Crippen LogP contribution is -2.01. The Balaban J connectivity index is 1.52. The van der Waals surface area contributed by atoms with Crippen molar-refractivity contribution in [3.05, 3.63) is 64.8 Å². The molecular weight excluding hydrogens is 354 g/mol. The summed E-state index contributed by atoms with van der Waals surface area (Å²) in [4.78, 5) is 12.3. The maximum absolute atomic E-state index is 5.92. The monoisotopic (exact) mass is 367 g/mol. The largest absolute Gasteiger partial charge is 0.337 e. The molecule has 0 radical (unpaired) electrons. The second kappa shape index (κ2) is 6.66. The maximum Gasteiger partial charge on any atom is 0.203 e. The molecule has 25 heavy (non-hydrogen) atoms. The molecule has 0 spiro atoms. The zero-order valence-corrected chi connectivity index (χ0v) is 14.9. The van der Waals surface area contributed by atoms with Crippen molar-refractivity contribution in [2.24, 2.45) is 5.10 Å². The van der Waals surface area contributed by atoms with Gasteiger partial charge in [-0.2, -0.15) is 5.10 Å². The van der Waals surface area contributed by atoms with Crippen LogP contribution in [0.2, 0.25) is 5.02 Å². The van der Waals surface area contributed by atoms with Gasteiger partial charge in [-0.3, -0.25) is 5.43 Å². The minimum Gasteiger partial charge on any atom is -0.337 e. The smallest absolute Gasteiger partial charge is 0.203 e. The first-order chi connectivity index (χ1) is 12.2. The highest BCUT2D eigenvalue weighted by atomic mass is 35.5. The van der Waals surface area contributed by atoms with Crippen LogP contribution in [0.4, 0.5) is 5.13 Å². The van der Waals surface area contributed by atoms with Crippen molar-refractivity contribution in [1.82, 2.24) is 15.0 Å². The number of aromatic amines is 1. The van der Waals surface area contributed by atoms with Gasteiger partial charge in [0.2, 0.25) is 5.13 Å². The molecule has 0 unspecified atom stereocenters. The molecule has 2 N–H and O–H groups in total. The summed E-state index contributed by atoms with van der Waals surface area (Å²) in [7, 11) is 0. The maximum atomic E-state index is 5.92. The molecule has 0 aliphatic heterocycles. The van der Waals surface area contributed by atoms with E-state index in [0.717, 1.165) is 39.0 Å². The number of fused-ring (bicyclic) bond motifs is 1. The summed E-state index contributed by atoms with van der Waals surface area (Å²) in [5.41, 5.74) is 7.59. The topological polar surface area (TPSA) is 66.0 Å². The third-order valence-electron chi connectivity index (χ3n) is 3.70. The summed E-state index contributed by atoms with van der Waals surface area (Å²) >= 11 is 7.42. The molecule has 0 atom stereocenters. The molecule has 7 heteroatoms. The van der Waals surface area contributed by atoms with Gasteiger partial charge in [-0.25, -0.2) is 9.97 Å².